The summed E-state index contributed by atoms with van der Waals surface area (Å²) in [6.45, 7) is 5.19. The first-order valence-electron chi connectivity index (χ1n) is 6.69. The molecule has 1 N–H and O–H groups in total. The number of benzene rings is 1. The van der Waals surface area contributed by atoms with Crippen molar-refractivity contribution in [2.75, 3.05) is 6.61 Å². The molecule has 5 heteroatoms. The zero-order valence-electron chi connectivity index (χ0n) is 11.4. The molecule has 0 atom stereocenters. The average molecular weight is 264 g/mol. The van der Waals surface area contributed by atoms with Crippen molar-refractivity contribution in [2.24, 2.45) is 5.92 Å². The Balaban J connectivity index is 2.06. The molecule has 2 rings (SSSR count). The van der Waals surface area contributed by atoms with E-state index in [4.69, 9.17) is 4.74 Å². The van der Waals surface area contributed by atoms with E-state index in [2.05, 4.69) is 5.32 Å². The lowest BCUT2D eigenvalue weighted by Gasteiger charge is -2.10. The second-order valence-corrected chi connectivity index (χ2v) is 5.42. The van der Waals surface area contributed by atoms with Gasteiger partial charge in [-0.3, -0.25) is 10.1 Å². The van der Waals surface area contributed by atoms with Gasteiger partial charge in [0, 0.05) is 18.7 Å². The van der Waals surface area contributed by atoms with Crippen molar-refractivity contribution >= 4 is 5.69 Å². The number of ether oxygens (including phenoxy) is 1. The summed E-state index contributed by atoms with van der Waals surface area (Å²) in [5.74, 6) is 0.699. The van der Waals surface area contributed by atoms with Crippen LogP contribution in [0.25, 0.3) is 0 Å². The van der Waals surface area contributed by atoms with Crippen LogP contribution in [0.5, 0.6) is 5.75 Å². The van der Waals surface area contributed by atoms with Gasteiger partial charge in [0.05, 0.1) is 11.5 Å². The van der Waals surface area contributed by atoms with Gasteiger partial charge in [0.15, 0.2) is 5.75 Å². The van der Waals surface area contributed by atoms with Crippen LogP contribution in [0.15, 0.2) is 18.2 Å². The molecule has 1 fully saturated rings. The number of nitro groups is 1. The van der Waals surface area contributed by atoms with E-state index in [0.717, 1.165) is 5.56 Å². The van der Waals surface area contributed by atoms with Crippen molar-refractivity contribution in [1.29, 1.82) is 0 Å². The third-order valence-corrected chi connectivity index (χ3v) is 2.96. The Kier molecular flexibility index (Phi) is 4.37. The second-order valence-electron chi connectivity index (χ2n) is 5.42. The quantitative estimate of drug-likeness (QED) is 0.607. The van der Waals surface area contributed by atoms with E-state index in [1.54, 1.807) is 12.1 Å². The van der Waals surface area contributed by atoms with E-state index < -0.39 is 0 Å². The molecular weight excluding hydrogens is 244 g/mol. The smallest absolute Gasteiger partial charge is 0.311 e. The van der Waals surface area contributed by atoms with Crippen molar-refractivity contribution in [3.63, 3.8) is 0 Å². The fourth-order valence-corrected chi connectivity index (χ4v) is 1.74. The van der Waals surface area contributed by atoms with E-state index in [9.17, 15) is 10.1 Å². The summed E-state index contributed by atoms with van der Waals surface area (Å²) in [4.78, 5) is 10.7. The Bertz CT molecular complexity index is 456. The minimum atomic E-state index is -0.379. The van der Waals surface area contributed by atoms with Crippen molar-refractivity contribution < 1.29 is 9.66 Å². The van der Waals surface area contributed by atoms with E-state index in [1.165, 1.54) is 12.8 Å². The van der Waals surface area contributed by atoms with Crippen LogP contribution in [0, 0.1) is 16.0 Å². The molecule has 19 heavy (non-hydrogen) atoms. The lowest BCUT2D eigenvalue weighted by molar-refractivity contribution is -0.386. The van der Waals surface area contributed by atoms with Crippen LogP contribution in [0.3, 0.4) is 0 Å². The highest BCUT2D eigenvalue weighted by Gasteiger charge is 2.21. The third-order valence-electron chi connectivity index (χ3n) is 2.96. The Morgan fingerprint density at radius 1 is 1.47 bits per heavy atom. The molecular formula is C14H20N2O3. The summed E-state index contributed by atoms with van der Waals surface area (Å²) in [6.07, 6.45) is 2.41. The molecule has 0 unspecified atom stereocenters. The third kappa shape index (κ3) is 4.21. The van der Waals surface area contributed by atoms with Crippen molar-refractivity contribution in [3.8, 4) is 5.75 Å². The molecule has 0 heterocycles. The lowest BCUT2D eigenvalue weighted by Crippen LogP contribution is -2.15. The van der Waals surface area contributed by atoms with Gasteiger partial charge in [-0.05, 0) is 30.4 Å². The first kappa shape index (κ1) is 13.8. The first-order chi connectivity index (χ1) is 9.06. The van der Waals surface area contributed by atoms with E-state index >= 15 is 0 Å². The molecule has 0 aliphatic heterocycles. The highest BCUT2D eigenvalue weighted by Crippen LogP contribution is 2.29. The molecule has 0 spiro atoms. The number of nitrogens with zero attached hydrogens (tertiary/aromatic N) is 1. The van der Waals surface area contributed by atoms with Crippen molar-refractivity contribution in [3.05, 3.63) is 33.9 Å². The lowest BCUT2D eigenvalue weighted by atomic mass is 10.2. The van der Waals surface area contributed by atoms with Gasteiger partial charge in [-0.2, -0.15) is 0 Å². The van der Waals surface area contributed by atoms with E-state index in [0.29, 0.717) is 30.9 Å². The molecule has 1 aliphatic rings. The molecule has 1 aromatic rings. The van der Waals surface area contributed by atoms with Gasteiger partial charge in [0.1, 0.15) is 0 Å². The highest BCUT2D eigenvalue weighted by molar-refractivity contribution is 5.48. The SMILES string of the molecule is CC(C)COc1ccc(CNC2CC2)cc1[N+](=O)[O-]. The Morgan fingerprint density at radius 2 is 2.21 bits per heavy atom. The van der Waals surface area contributed by atoms with Gasteiger partial charge >= 0.3 is 5.69 Å². The summed E-state index contributed by atoms with van der Waals surface area (Å²) in [5.41, 5.74) is 0.978. The maximum Gasteiger partial charge on any atom is 0.311 e. The number of hydrogen-bond donors (Lipinski definition) is 1. The number of rotatable bonds is 7. The summed E-state index contributed by atoms with van der Waals surface area (Å²) in [5, 5.41) is 14.4. The van der Waals surface area contributed by atoms with E-state index in [-0.39, 0.29) is 10.6 Å². The zero-order chi connectivity index (χ0) is 13.8. The topological polar surface area (TPSA) is 64.4 Å². The molecule has 1 aromatic carbocycles. The molecule has 0 aromatic heterocycles. The van der Waals surface area contributed by atoms with Gasteiger partial charge in [-0.15, -0.1) is 0 Å². The molecule has 1 aliphatic carbocycles. The summed E-state index contributed by atoms with van der Waals surface area (Å²) in [6, 6.07) is 5.78. The van der Waals surface area contributed by atoms with Crippen LogP contribution in [-0.2, 0) is 6.54 Å². The fraction of sp³-hybridized carbons (Fsp3) is 0.571. The predicted octanol–water partition coefficient (Wildman–Crippen LogP) is 2.88. The maximum atomic E-state index is 11.1. The van der Waals surface area contributed by atoms with Crippen LogP contribution in [0.2, 0.25) is 0 Å². The zero-order valence-corrected chi connectivity index (χ0v) is 11.4. The molecule has 0 saturated heterocycles. The molecule has 0 bridgehead atoms. The predicted molar refractivity (Wildman–Crippen MR) is 73.3 cm³/mol. The molecule has 104 valence electrons. The number of nitrogens with one attached hydrogen (secondary N) is 1. The first-order valence-corrected chi connectivity index (χ1v) is 6.69. The largest absolute Gasteiger partial charge is 0.487 e. The number of hydrogen-bond acceptors (Lipinski definition) is 4. The van der Waals surface area contributed by atoms with Crippen LogP contribution in [0.4, 0.5) is 5.69 Å². The Labute approximate surface area is 113 Å². The van der Waals surface area contributed by atoms with Gasteiger partial charge in [0.25, 0.3) is 0 Å². The second kappa shape index (κ2) is 6.02. The normalized spacial score (nSPS) is 14.7. The van der Waals surface area contributed by atoms with Crippen LogP contribution in [-0.4, -0.2) is 17.6 Å². The Hall–Kier alpha value is -1.62. The molecule has 1 saturated carbocycles. The van der Waals surface area contributed by atoms with E-state index in [1.807, 2.05) is 19.9 Å². The molecule has 0 amide bonds. The van der Waals surface area contributed by atoms with Gasteiger partial charge < -0.3 is 10.1 Å². The van der Waals surface area contributed by atoms with Crippen molar-refractivity contribution in [1.82, 2.24) is 5.32 Å². The minimum absolute atomic E-state index is 0.0516. The molecule has 5 nitrogen and oxygen atoms in total. The fourth-order valence-electron chi connectivity index (χ4n) is 1.74. The number of nitro benzene ring substituents is 1. The van der Waals surface area contributed by atoms with Crippen LogP contribution in [0.1, 0.15) is 32.3 Å². The van der Waals surface area contributed by atoms with Crippen LogP contribution < -0.4 is 10.1 Å². The van der Waals surface area contributed by atoms with Crippen molar-refractivity contribution in [2.45, 2.75) is 39.3 Å². The van der Waals surface area contributed by atoms with Gasteiger partial charge in [0.2, 0.25) is 0 Å². The summed E-state index contributed by atoms with van der Waals surface area (Å²) < 4.78 is 5.49. The monoisotopic (exact) mass is 264 g/mol. The standard InChI is InChI=1S/C14H20N2O3/c1-10(2)9-19-14-6-3-11(7-13(14)16(17)18)8-15-12-4-5-12/h3,6-7,10,12,15H,4-5,8-9H2,1-2H3. The molecule has 0 radical (unpaired) electrons. The highest BCUT2D eigenvalue weighted by atomic mass is 16.6. The van der Waals surface area contributed by atoms with Crippen LogP contribution >= 0.6 is 0 Å². The summed E-state index contributed by atoms with van der Waals surface area (Å²) in [7, 11) is 0. The average Bonchev–Trinajstić information content (AvgIpc) is 3.18. The Morgan fingerprint density at radius 3 is 2.79 bits per heavy atom. The summed E-state index contributed by atoms with van der Waals surface area (Å²) >= 11 is 0. The van der Waals surface area contributed by atoms with Gasteiger partial charge in [-0.25, -0.2) is 0 Å². The van der Waals surface area contributed by atoms with Gasteiger partial charge in [-0.1, -0.05) is 19.9 Å². The minimum Gasteiger partial charge on any atom is -0.487 e. The maximum absolute atomic E-state index is 11.1.